The summed E-state index contributed by atoms with van der Waals surface area (Å²) < 4.78 is 18.0. The van der Waals surface area contributed by atoms with Crippen molar-refractivity contribution in [3.05, 3.63) is 11.1 Å². The van der Waals surface area contributed by atoms with E-state index in [4.69, 9.17) is 14.2 Å². The smallest absolute Gasteiger partial charge is 0.502 e. The maximum absolute atomic E-state index is 11.8. The van der Waals surface area contributed by atoms with Crippen LogP contribution in [0.25, 0.3) is 0 Å². The van der Waals surface area contributed by atoms with Crippen LogP contribution in [0.4, 0.5) is 4.79 Å². The van der Waals surface area contributed by atoms with Crippen LogP contribution in [0.5, 0.6) is 23.0 Å². The highest BCUT2D eigenvalue weighted by Crippen LogP contribution is 2.50. The van der Waals surface area contributed by atoms with E-state index in [1.807, 2.05) is 0 Å². The second-order valence-corrected chi connectivity index (χ2v) is 11.5. The van der Waals surface area contributed by atoms with E-state index in [1.54, 1.807) is 0 Å². The van der Waals surface area contributed by atoms with Crippen LogP contribution >= 0.6 is 0 Å². The molecule has 0 atom stereocenters. The Morgan fingerprint density at radius 3 is 1.32 bits per heavy atom. The van der Waals surface area contributed by atoms with Gasteiger partial charge in [-0.1, -0.05) is 130 Å². The lowest BCUT2D eigenvalue weighted by Crippen LogP contribution is -2.12. The first-order valence-electron chi connectivity index (χ1n) is 17.1. The number of ether oxygens (including phenoxy) is 3. The summed E-state index contributed by atoms with van der Waals surface area (Å²) in [6.45, 7) is 9.81. The summed E-state index contributed by atoms with van der Waals surface area (Å²) in [7, 11) is 0. The summed E-state index contributed by atoms with van der Waals surface area (Å²) in [6.07, 6.45) is 22.3. The minimum absolute atomic E-state index is 0.0318. The third-order valence-corrected chi connectivity index (χ3v) is 7.79. The topological polar surface area (TPSA) is 85.2 Å². The number of carbonyl (C=O) groups is 1. The Bertz CT molecular complexity index is 807. The molecule has 0 saturated heterocycles. The Labute approximate surface area is 251 Å². The highest BCUT2D eigenvalue weighted by molar-refractivity contribution is 5.71. The molecule has 6 heteroatoms. The van der Waals surface area contributed by atoms with Crippen LogP contribution in [0, 0.1) is 0 Å². The Morgan fingerprint density at radius 1 is 0.512 bits per heavy atom. The standard InChI is InChI=1S/C35H62O6/c1-5-9-13-17-19-23-27-39-33-30(26-22-16-12-8-4)29(25-21-15-11-7-3)32(41-35(37)38)31(36)34(33)40-28-24-20-18-14-10-6-2/h36H,5-28H2,1-4H3,(H,37,38). The average Bonchev–Trinajstić information content (AvgIpc) is 2.96. The zero-order valence-electron chi connectivity index (χ0n) is 27.0. The summed E-state index contributed by atoms with van der Waals surface area (Å²) >= 11 is 0. The number of rotatable bonds is 27. The van der Waals surface area contributed by atoms with Crippen molar-refractivity contribution in [1.82, 2.24) is 0 Å². The van der Waals surface area contributed by atoms with Crippen molar-refractivity contribution in [2.24, 2.45) is 0 Å². The van der Waals surface area contributed by atoms with Crippen LogP contribution in [-0.2, 0) is 12.8 Å². The summed E-state index contributed by atoms with van der Waals surface area (Å²) in [5.41, 5.74) is 1.72. The van der Waals surface area contributed by atoms with Crippen molar-refractivity contribution in [3.63, 3.8) is 0 Å². The van der Waals surface area contributed by atoms with E-state index >= 15 is 0 Å². The zero-order valence-corrected chi connectivity index (χ0v) is 27.0. The third-order valence-electron chi connectivity index (χ3n) is 7.79. The molecule has 0 aliphatic rings. The highest BCUT2D eigenvalue weighted by Gasteiger charge is 2.28. The van der Waals surface area contributed by atoms with Crippen LogP contribution in [-0.4, -0.2) is 29.6 Å². The predicted octanol–water partition coefficient (Wildman–Crippen LogP) is 11.2. The minimum atomic E-state index is -1.42. The maximum atomic E-state index is 11.8. The van der Waals surface area contributed by atoms with E-state index in [0.717, 1.165) is 101 Å². The molecule has 0 bridgehead atoms. The van der Waals surface area contributed by atoms with Gasteiger partial charge in [0, 0.05) is 11.1 Å². The first-order chi connectivity index (χ1) is 20.0. The van der Waals surface area contributed by atoms with Gasteiger partial charge in [-0.25, -0.2) is 4.79 Å². The largest absolute Gasteiger partial charge is 0.511 e. The molecule has 0 amide bonds. The molecule has 1 aromatic carbocycles. The first-order valence-corrected chi connectivity index (χ1v) is 17.1. The summed E-state index contributed by atoms with van der Waals surface area (Å²) in [5, 5.41) is 21.0. The summed E-state index contributed by atoms with van der Waals surface area (Å²) in [6, 6.07) is 0. The van der Waals surface area contributed by atoms with Gasteiger partial charge in [-0.05, 0) is 38.5 Å². The molecule has 0 aromatic heterocycles. The van der Waals surface area contributed by atoms with Crippen LogP contribution in [0.3, 0.4) is 0 Å². The second-order valence-electron chi connectivity index (χ2n) is 11.5. The SMILES string of the molecule is CCCCCCCCOc1c(O)c(OC(=O)O)c(CCCCCC)c(CCCCCC)c1OCCCCCCCC. The van der Waals surface area contributed by atoms with E-state index < -0.39 is 6.16 Å². The lowest BCUT2D eigenvalue weighted by molar-refractivity contribution is 0.141. The number of hydrogen-bond donors (Lipinski definition) is 2. The number of hydrogen-bond acceptors (Lipinski definition) is 5. The minimum Gasteiger partial charge on any atom is -0.502 e. The fourth-order valence-electron chi connectivity index (χ4n) is 5.35. The van der Waals surface area contributed by atoms with Crippen LogP contribution in [0.1, 0.15) is 167 Å². The maximum Gasteiger partial charge on any atom is 0.511 e. The van der Waals surface area contributed by atoms with Crippen LogP contribution in [0.15, 0.2) is 0 Å². The third kappa shape index (κ3) is 15.6. The van der Waals surface area contributed by atoms with Gasteiger partial charge >= 0.3 is 6.16 Å². The molecule has 2 N–H and O–H groups in total. The number of aromatic hydroxyl groups is 1. The van der Waals surface area contributed by atoms with Gasteiger partial charge in [0.15, 0.2) is 11.5 Å². The Morgan fingerprint density at radius 2 is 0.878 bits per heavy atom. The van der Waals surface area contributed by atoms with Crippen molar-refractivity contribution in [3.8, 4) is 23.0 Å². The lowest BCUT2D eigenvalue weighted by atomic mass is 9.93. The van der Waals surface area contributed by atoms with Crippen molar-refractivity contribution in [2.45, 2.75) is 169 Å². The molecule has 1 aromatic rings. The molecule has 0 unspecified atom stereocenters. The monoisotopic (exact) mass is 578 g/mol. The van der Waals surface area contributed by atoms with Crippen molar-refractivity contribution in [2.75, 3.05) is 13.2 Å². The molecule has 0 spiro atoms. The van der Waals surface area contributed by atoms with E-state index in [9.17, 15) is 15.0 Å². The Balaban J connectivity index is 3.35. The van der Waals surface area contributed by atoms with Gasteiger partial charge < -0.3 is 24.4 Å². The molecule has 41 heavy (non-hydrogen) atoms. The lowest BCUT2D eigenvalue weighted by Gasteiger charge is -2.23. The van der Waals surface area contributed by atoms with E-state index in [0.29, 0.717) is 25.4 Å². The zero-order chi connectivity index (χ0) is 30.1. The van der Waals surface area contributed by atoms with Crippen molar-refractivity contribution < 1.29 is 29.2 Å². The first kappa shape index (κ1) is 36.9. The van der Waals surface area contributed by atoms with Gasteiger partial charge in [0.05, 0.1) is 13.2 Å². The van der Waals surface area contributed by atoms with E-state index in [-0.39, 0.29) is 17.2 Å². The molecule has 0 heterocycles. The molecular formula is C35H62O6. The van der Waals surface area contributed by atoms with Gasteiger partial charge in [-0.3, -0.25) is 0 Å². The fraction of sp³-hybridized carbons (Fsp3) is 0.800. The van der Waals surface area contributed by atoms with E-state index in [2.05, 4.69) is 27.7 Å². The Hall–Kier alpha value is -2.11. The summed E-state index contributed by atoms with van der Waals surface area (Å²) in [5.74, 6) is 0.647. The average molecular weight is 579 g/mol. The van der Waals surface area contributed by atoms with Crippen LogP contribution < -0.4 is 14.2 Å². The number of benzene rings is 1. The Kier molecular flexibility index (Phi) is 22.0. The molecule has 0 radical (unpaired) electrons. The second kappa shape index (κ2) is 24.5. The van der Waals surface area contributed by atoms with Gasteiger partial charge in [0.1, 0.15) is 0 Å². The van der Waals surface area contributed by atoms with Crippen molar-refractivity contribution >= 4 is 6.16 Å². The molecule has 6 nitrogen and oxygen atoms in total. The molecule has 0 aliphatic carbocycles. The molecule has 0 saturated carbocycles. The van der Waals surface area contributed by atoms with Gasteiger partial charge in [-0.15, -0.1) is 0 Å². The molecule has 238 valence electrons. The molecule has 0 aliphatic heterocycles. The van der Waals surface area contributed by atoms with Gasteiger partial charge in [-0.2, -0.15) is 0 Å². The van der Waals surface area contributed by atoms with E-state index in [1.165, 1.54) is 44.9 Å². The number of phenols is 1. The predicted molar refractivity (Wildman–Crippen MR) is 170 cm³/mol. The number of carboxylic acid groups (broad SMARTS) is 1. The van der Waals surface area contributed by atoms with Gasteiger partial charge in [0.2, 0.25) is 11.5 Å². The highest BCUT2D eigenvalue weighted by atomic mass is 16.7. The molecule has 0 fully saturated rings. The molecule has 1 rings (SSSR count). The quantitative estimate of drug-likeness (QED) is 0.0613. The summed E-state index contributed by atoms with van der Waals surface area (Å²) in [4.78, 5) is 11.8. The number of unbranched alkanes of at least 4 members (excludes halogenated alkanes) is 16. The number of phenolic OH excluding ortho intramolecular Hbond substituents is 1. The fourth-order valence-corrected chi connectivity index (χ4v) is 5.35. The molecular weight excluding hydrogens is 516 g/mol. The van der Waals surface area contributed by atoms with Crippen molar-refractivity contribution in [1.29, 1.82) is 0 Å². The van der Waals surface area contributed by atoms with Crippen LogP contribution in [0.2, 0.25) is 0 Å². The normalized spacial score (nSPS) is 11.1. The van der Waals surface area contributed by atoms with Gasteiger partial charge in [0.25, 0.3) is 0 Å².